The molecule has 1 N–H and O–H groups in total. The third kappa shape index (κ3) is 3.46. The Balaban J connectivity index is 1.80. The van der Waals surface area contributed by atoms with Gasteiger partial charge in [0.25, 0.3) is 5.91 Å². The molecule has 2 aromatic carbocycles. The van der Waals surface area contributed by atoms with Crippen molar-refractivity contribution in [2.75, 3.05) is 0 Å². The van der Waals surface area contributed by atoms with Gasteiger partial charge in [0.05, 0.1) is 11.2 Å². The number of hydrogen-bond acceptors (Lipinski definition) is 3. The molecule has 0 aromatic heterocycles. The summed E-state index contributed by atoms with van der Waals surface area (Å²) < 4.78 is 0. The van der Waals surface area contributed by atoms with Crippen LogP contribution in [0.3, 0.4) is 0 Å². The average molecular weight is 354 g/mol. The monoisotopic (exact) mass is 353 g/mol. The molecule has 3 amide bonds. The van der Waals surface area contributed by atoms with Gasteiger partial charge in [0, 0.05) is 0 Å². The van der Waals surface area contributed by atoms with E-state index < -0.39 is 17.5 Å². The highest BCUT2D eigenvalue weighted by Crippen LogP contribution is 2.28. The summed E-state index contributed by atoms with van der Waals surface area (Å²) in [6, 6.07) is 17.9. The topological polar surface area (TPSA) is 61.8 Å². The summed E-state index contributed by atoms with van der Waals surface area (Å²) in [7, 11) is 0. The minimum atomic E-state index is -1.15. The van der Waals surface area contributed by atoms with E-state index in [4.69, 9.17) is 11.6 Å². The van der Waals surface area contributed by atoms with Crippen molar-refractivity contribution in [3.05, 3.63) is 76.8 Å². The maximum absolute atomic E-state index is 12.7. The molecular formula is C19H16ClN3O2. The fourth-order valence-corrected chi connectivity index (χ4v) is 2.72. The first-order valence-corrected chi connectivity index (χ1v) is 8.07. The van der Waals surface area contributed by atoms with Crippen molar-refractivity contribution in [1.29, 1.82) is 0 Å². The van der Waals surface area contributed by atoms with Gasteiger partial charge in [-0.3, -0.25) is 4.79 Å². The molecule has 0 saturated carbocycles. The second-order valence-corrected chi connectivity index (χ2v) is 6.16. The van der Waals surface area contributed by atoms with E-state index in [9.17, 15) is 9.59 Å². The van der Waals surface area contributed by atoms with Gasteiger partial charge in [-0.25, -0.2) is 4.79 Å². The Morgan fingerprint density at radius 3 is 2.32 bits per heavy atom. The van der Waals surface area contributed by atoms with Crippen LogP contribution < -0.4 is 5.32 Å². The maximum atomic E-state index is 12.7. The van der Waals surface area contributed by atoms with Gasteiger partial charge in [-0.1, -0.05) is 72.3 Å². The molecule has 25 heavy (non-hydrogen) atoms. The van der Waals surface area contributed by atoms with E-state index >= 15 is 0 Å². The van der Waals surface area contributed by atoms with Crippen LogP contribution in [0.25, 0.3) is 6.08 Å². The van der Waals surface area contributed by atoms with Crippen molar-refractivity contribution in [2.24, 2.45) is 5.10 Å². The molecule has 2 aromatic rings. The highest BCUT2D eigenvalue weighted by atomic mass is 35.5. The van der Waals surface area contributed by atoms with Crippen LogP contribution in [0.5, 0.6) is 0 Å². The Kier molecular flexibility index (Phi) is 4.67. The van der Waals surface area contributed by atoms with E-state index in [2.05, 4.69) is 10.4 Å². The number of carbonyl (C=O) groups is 2. The van der Waals surface area contributed by atoms with Gasteiger partial charge >= 0.3 is 6.03 Å². The number of hydrazone groups is 1. The summed E-state index contributed by atoms with van der Waals surface area (Å²) >= 11 is 6.12. The van der Waals surface area contributed by atoms with Crippen LogP contribution in [0.1, 0.15) is 18.1 Å². The molecule has 1 fully saturated rings. The van der Waals surface area contributed by atoms with Gasteiger partial charge in [0.2, 0.25) is 0 Å². The molecule has 5 nitrogen and oxygen atoms in total. The van der Waals surface area contributed by atoms with Crippen LogP contribution in [-0.4, -0.2) is 23.2 Å². The van der Waals surface area contributed by atoms with Crippen molar-refractivity contribution in [2.45, 2.75) is 12.5 Å². The zero-order chi connectivity index (χ0) is 17.9. The highest BCUT2D eigenvalue weighted by molar-refractivity contribution is 6.41. The molecule has 0 aliphatic carbocycles. The minimum Gasteiger partial charge on any atom is -0.318 e. The Morgan fingerprint density at radius 1 is 1.08 bits per heavy atom. The number of hydrogen-bond donors (Lipinski definition) is 1. The van der Waals surface area contributed by atoms with Crippen molar-refractivity contribution in [1.82, 2.24) is 10.3 Å². The molecule has 0 spiro atoms. The Morgan fingerprint density at radius 2 is 1.68 bits per heavy atom. The quantitative estimate of drug-likeness (QED) is 0.672. The van der Waals surface area contributed by atoms with Crippen LogP contribution in [0.2, 0.25) is 0 Å². The lowest BCUT2D eigenvalue weighted by Gasteiger charge is -2.20. The molecular weight excluding hydrogens is 338 g/mol. The van der Waals surface area contributed by atoms with E-state index in [0.29, 0.717) is 10.6 Å². The number of urea groups is 1. The molecule has 0 bridgehead atoms. The Labute approximate surface area is 150 Å². The Bertz CT molecular complexity index is 849. The van der Waals surface area contributed by atoms with Gasteiger partial charge in [-0.15, -0.1) is 5.01 Å². The second kappa shape index (κ2) is 6.91. The number of nitrogens with one attached hydrogen (secondary N) is 1. The maximum Gasteiger partial charge on any atom is 0.346 e. The zero-order valence-electron chi connectivity index (χ0n) is 13.5. The van der Waals surface area contributed by atoms with Gasteiger partial charge in [-0.05, 0) is 24.1 Å². The SMILES string of the molecule is C[C@]1(c2ccccc2)NC(=O)N(/N=C\C(Cl)=C\c2ccccc2)C1=O. The lowest BCUT2D eigenvalue weighted by atomic mass is 9.92. The number of benzene rings is 2. The third-order valence-electron chi connectivity index (χ3n) is 3.92. The molecule has 1 aliphatic rings. The van der Waals surface area contributed by atoms with Crippen LogP contribution in [0.4, 0.5) is 4.79 Å². The predicted octanol–water partition coefficient (Wildman–Crippen LogP) is 3.72. The summed E-state index contributed by atoms with van der Waals surface area (Å²) in [5.41, 5.74) is 0.438. The number of amides is 3. The molecule has 1 aliphatic heterocycles. The van der Waals surface area contributed by atoms with Crippen LogP contribution in [0, 0.1) is 0 Å². The second-order valence-electron chi connectivity index (χ2n) is 5.72. The molecule has 126 valence electrons. The van der Waals surface area contributed by atoms with Gasteiger partial charge < -0.3 is 5.32 Å². The highest BCUT2D eigenvalue weighted by Gasteiger charge is 2.49. The number of imide groups is 1. The van der Waals surface area contributed by atoms with E-state index in [0.717, 1.165) is 10.6 Å². The normalized spacial score (nSPS) is 21.0. The first kappa shape index (κ1) is 16.9. The van der Waals surface area contributed by atoms with Crippen molar-refractivity contribution >= 4 is 35.8 Å². The van der Waals surface area contributed by atoms with Crippen LogP contribution >= 0.6 is 11.6 Å². The first-order chi connectivity index (χ1) is 12.0. The number of rotatable bonds is 4. The lowest BCUT2D eigenvalue weighted by Crippen LogP contribution is -2.40. The van der Waals surface area contributed by atoms with E-state index in [1.54, 1.807) is 25.1 Å². The molecule has 1 heterocycles. The largest absolute Gasteiger partial charge is 0.346 e. The van der Waals surface area contributed by atoms with Crippen LogP contribution in [-0.2, 0) is 10.3 Å². The fraction of sp³-hybridized carbons (Fsp3) is 0.105. The summed E-state index contributed by atoms with van der Waals surface area (Å²) in [6.45, 7) is 1.65. The summed E-state index contributed by atoms with van der Waals surface area (Å²) in [6.07, 6.45) is 2.97. The predicted molar refractivity (Wildman–Crippen MR) is 97.9 cm³/mol. The van der Waals surface area contributed by atoms with E-state index in [1.807, 2.05) is 48.5 Å². The van der Waals surface area contributed by atoms with Gasteiger partial charge in [-0.2, -0.15) is 5.10 Å². The van der Waals surface area contributed by atoms with Gasteiger partial charge in [0.1, 0.15) is 5.54 Å². The first-order valence-electron chi connectivity index (χ1n) is 7.69. The Hall–Kier alpha value is -2.92. The van der Waals surface area contributed by atoms with E-state index in [-0.39, 0.29) is 0 Å². The van der Waals surface area contributed by atoms with Gasteiger partial charge in [0.15, 0.2) is 0 Å². The smallest absolute Gasteiger partial charge is 0.318 e. The summed E-state index contributed by atoms with van der Waals surface area (Å²) in [4.78, 5) is 24.8. The molecule has 0 radical (unpaired) electrons. The minimum absolute atomic E-state index is 0.306. The number of nitrogens with zero attached hydrogens (tertiary/aromatic N) is 2. The molecule has 6 heteroatoms. The standard InChI is InChI=1S/C19H16ClN3O2/c1-19(15-10-6-3-7-11-15)17(24)23(18(25)22-19)21-13-16(20)12-14-8-4-2-5-9-14/h2-13H,1H3,(H,22,25)/b16-12-,21-13-/t19-/m1/s1. The summed E-state index contributed by atoms with van der Waals surface area (Å²) in [5, 5.41) is 7.74. The molecule has 1 saturated heterocycles. The zero-order valence-corrected chi connectivity index (χ0v) is 14.3. The number of halogens is 1. The number of carbonyl (C=O) groups excluding carboxylic acids is 2. The molecule has 3 rings (SSSR count). The van der Waals surface area contributed by atoms with Crippen LogP contribution in [0.15, 0.2) is 70.8 Å². The third-order valence-corrected chi connectivity index (χ3v) is 4.13. The molecule has 1 atom stereocenters. The molecule has 0 unspecified atom stereocenters. The van der Waals surface area contributed by atoms with Crippen molar-refractivity contribution < 1.29 is 9.59 Å². The number of allylic oxidation sites excluding steroid dienone is 1. The lowest BCUT2D eigenvalue weighted by molar-refractivity contribution is -0.131. The van der Waals surface area contributed by atoms with Crippen molar-refractivity contribution in [3.63, 3.8) is 0 Å². The summed E-state index contributed by atoms with van der Waals surface area (Å²) in [5.74, 6) is -0.455. The van der Waals surface area contributed by atoms with E-state index in [1.165, 1.54) is 6.21 Å². The average Bonchev–Trinajstić information content (AvgIpc) is 2.85. The van der Waals surface area contributed by atoms with Crippen molar-refractivity contribution in [3.8, 4) is 0 Å². The fourth-order valence-electron chi connectivity index (χ4n) is 2.55.